The molecule has 1 aromatic rings. The Hall–Kier alpha value is -1.55. The van der Waals surface area contributed by atoms with Gasteiger partial charge in [0.15, 0.2) is 0 Å². The average Bonchev–Trinajstić information content (AvgIpc) is 2.70. The number of rotatable bonds is 3. The molecule has 1 amide bonds. The molecule has 1 atom stereocenters. The van der Waals surface area contributed by atoms with Crippen molar-refractivity contribution in [3.05, 3.63) is 35.4 Å². The molecule has 0 fully saturated rings. The Morgan fingerprint density at radius 1 is 1.50 bits per heavy atom. The summed E-state index contributed by atoms with van der Waals surface area (Å²) in [7, 11) is 0. The van der Waals surface area contributed by atoms with Crippen molar-refractivity contribution in [1.82, 2.24) is 10.9 Å². The van der Waals surface area contributed by atoms with E-state index in [1.165, 1.54) is 11.1 Å². The normalized spacial score (nSPS) is 17.9. The molecule has 4 heteroatoms. The molecule has 0 aliphatic heterocycles. The van der Waals surface area contributed by atoms with Gasteiger partial charge in [0, 0.05) is 0 Å². The minimum atomic E-state index is -0.424. The van der Waals surface area contributed by atoms with Crippen molar-refractivity contribution in [2.75, 3.05) is 6.61 Å². The third-order valence-electron chi connectivity index (χ3n) is 2.76. The first-order chi connectivity index (χ1) is 7.81. The van der Waals surface area contributed by atoms with Crippen LogP contribution in [-0.4, -0.2) is 12.7 Å². The largest absolute Gasteiger partial charge is 0.449 e. The molecule has 0 saturated carbocycles. The Labute approximate surface area is 95.0 Å². The molecular formula is C12H16N2O2. The van der Waals surface area contributed by atoms with E-state index in [0.717, 1.165) is 12.8 Å². The molecule has 0 aromatic heterocycles. The summed E-state index contributed by atoms with van der Waals surface area (Å²) < 4.78 is 4.78. The fourth-order valence-electron chi connectivity index (χ4n) is 2.02. The van der Waals surface area contributed by atoms with Crippen LogP contribution in [-0.2, 0) is 11.2 Å². The zero-order valence-electron chi connectivity index (χ0n) is 9.32. The van der Waals surface area contributed by atoms with Crippen LogP contribution in [0, 0.1) is 0 Å². The molecule has 2 N–H and O–H groups in total. The second-order valence-electron chi connectivity index (χ2n) is 3.78. The number of amides is 1. The van der Waals surface area contributed by atoms with Crippen molar-refractivity contribution in [3.63, 3.8) is 0 Å². The van der Waals surface area contributed by atoms with Crippen molar-refractivity contribution in [2.45, 2.75) is 25.8 Å². The lowest BCUT2D eigenvalue weighted by Gasteiger charge is -2.14. The average molecular weight is 220 g/mol. The predicted octanol–water partition coefficient (Wildman–Crippen LogP) is 1.92. The van der Waals surface area contributed by atoms with Gasteiger partial charge in [-0.15, -0.1) is 0 Å². The molecule has 16 heavy (non-hydrogen) atoms. The minimum Gasteiger partial charge on any atom is -0.449 e. The second-order valence-corrected chi connectivity index (χ2v) is 3.78. The number of carbonyl (C=O) groups is 1. The van der Waals surface area contributed by atoms with Crippen LogP contribution < -0.4 is 10.9 Å². The van der Waals surface area contributed by atoms with Crippen molar-refractivity contribution >= 4 is 6.09 Å². The highest BCUT2D eigenvalue weighted by Crippen LogP contribution is 2.29. The number of benzene rings is 1. The molecule has 1 unspecified atom stereocenters. The van der Waals surface area contributed by atoms with Crippen LogP contribution in [0.4, 0.5) is 4.79 Å². The van der Waals surface area contributed by atoms with Gasteiger partial charge in [0.1, 0.15) is 0 Å². The Bertz CT molecular complexity index is 379. The first-order valence-corrected chi connectivity index (χ1v) is 5.57. The van der Waals surface area contributed by atoms with E-state index in [1.54, 1.807) is 6.92 Å². The summed E-state index contributed by atoms with van der Waals surface area (Å²) in [5.41, 5.74) is 8.17. The third kappa shape index (κ3) is 2.33. The highest BCUT2D eigenvalue weighted by atomic mass is 16.5. The standard InChI is InChI=1S/C12H16N2O2/c1-2-16-12(15)14-13-11-8-7-9-5-3-4-6-10(9)11/h3-6,11,13H,2,7-8H2,1H3,(H,14,15). The van der Waals surface area contributed by atoms with Gasteiger partial charge in [-0.25, -0.2) is 10.2 Å². The highest BCUT2D eigenvalue weighted by Gasteiger charge is 2.21. The van der Waals surface area contributed by atoms with Crippen LogP contribution >= 0.6 is 0 Å². The van der Waals surface area contributed by atoms with Gasteiger partial charge in [0.05, 0.1) is 12.6 Å². The van der Waals surface area contributed by atoms with E-state index in [0.29, 0.717) is 6.61 Å². The molecular weight excluding hydrogens is 204 g/mol. The van der Waals surface area contributed by atoms with Gasteiger partial charge < -0.3 is 4.74 Å². The SMILES string of the molecule is CCOC(=O)NNC1CCc2ccccc21. The van der Waals surface area contributed by atoms with E-state index in [1.807, 2.05) is 12.1 Å². The van der Waals surface area contributed by atoms with Crippen LogP contribution in [0.25, 0.3) is 0 Å². The molecule has 1 aliphatic carbocycles. The van der Waals surface area contributed by atoms with Gasteiger partial charge in [-0.05, 0) is 30.9 Å². The number of carbonyl (C=O) groups excluding carboxylic acids is 1. The molecule has 0 radical (unpaired) electrons. The fourth-order valence-corrected chi connectivity index (χ4v) is 2.02. The molecule has 0 spiro atoms. The van der Waals surface area contributed by atoms with Crippen molar-refractivity contribution < 1.29 is 9.53 Å². The van der Waals surface area contributed by atoms with E-state index in [2.05, 4.69) is 23.0 Å². The summed E-state index contributed by atoms with van der Waals surface area (Å²) in [5.74, 6) is 0. The van der Waals surface area contributed by atoms with Gasteiger partial charge in [-0.2, -0.15) is 0 Å². The van der Waals surface area contributed by atoms with Crippen LogP contribution in [0.15, 0.2) is 24.3 Å². The lowest BCUT2D eigenvalue weighted by molar-refractivity contribution is 0.145. The Kier molecular flexibility index (Phi) is 3.41. The number of ether oxygens (including phenoxy) is 1. The smallest absolute Gasteiger partial charge is 0.421 e. The first kappa shape index (κ1) is 11.0. The number of aryl methyl sites for hydroxylation is 1. The third-order valence-corrected chi connectivity index (χ3v) is 2.76. The zero-order valence-corrected chi connectivity index (χ0v) is 9.32. The molecule has 86 valence electrons. The highest BCUT2D eigenvalue weighted by molar-refractivity contribution is 5.66. The quantitative estimate of drug-likeness (QED) is 0.765. The first-order valence-electron chi connectivity index (χ1n) is 5.57. The Balaban J connectivity index is 1.91. The van der Waals surface area contributed by atoms with E-state index in [-0.39, 0.29) is 6.04 Å². The lowest BCUT2D eigenvalue weighted by Crippen LogP contribution is -2.39. The topological polar surface area (TPSA) is 50.4 Å². The van der Waals surface area contributed by atoms with Crippen molar-refractivity contribution in [2.24, 2.45) is 0 Å². The molecule has 1 aromatic carbocycles. The Morgan fingerprint density at radius 3 is 3.12 bits per heavy atom. The summed E-state index contributed by atoms with van der Waals surface area (Å²) in [6.07, 6.45) is 1.64. The van der Waals surface area contributed by atoms with Gasteiger partial charge >= 0.3 is 6.09 Å². The van der Waals surface area contributed by atoms with E-state index in [4.69, 9.17) is 4.74 Å². The van der Waals surface area contributed by atoms with E-state index >= 15 is 0 Å². The van der Waals surface area contributed by atoms with Crippen LogP contribution in [0.1, 0.15) is 30.5 Å². The maximum atomic E-state index is 11.1. The fraction of sp³-hybridized carbons (Fsp3) is 0.417. The van der Waals surface area contributed by atoms with Gasteiger partial charge in [0.25, 0.3) is 0 Å². The lowest BCUT2D eigenvalue weighted by atomic mass is 10.1. The summed E-state index contributed by atoms with van der Waals surface area (Å²) >= 11 is 0. The van der Waals surface area contributed by atoms with Gasteiger partial charge in [0.2, 0.25) is 0 Å². The Morgan fingerprint density at radius 2 is 2.31 bits per heavy atom. The molecule has 0 heterocycles. The number of nitrogens with one attached hydrogen (secondary N) is 2. The number of fused-ring (bicyclic) bond motifs is 1. The molecule has 4 nitrogen and oxygen atoms in total. The maximum absolute atomic E-state index is 11.1. The maximum Gasteiger partial charge on any atom is 0.421 e. The van der Waals surface area contributed by atoms with Crippen molar-refractivity contribution in [1.29, 1.82) is 0 Å². The zero-order chi connectivity index (χ0) is 11.4. The summed E-state index contributed by atoms with van der Waals surface area (Å²) in [6.45, 7) is 2.17. The van der Waals surface area contributed by atoms with Gasteiger partial charge in [-0.1, -0.05) is 24.3 Å². The summed E-state index contributed by atoms with van der Waals surface area (Å²) in [4.78, 5) is 11.1. The van der Waals surface area contributed by atoms with E-state index in [9.17, 15) is 4.79 Å². The van der Waals surface area contributed by atoms with Gasteiger partial charge in [-0.3, -0.25) is 5.43 Å². The van der Waals surface area contributed by atoms with Crippen LogP contribution in [0.2, 0.25) is 0 Å². The second kappa shape index (κ2) is 4.99. The number of hydrazine groups is 1. The predicted molar refractivity (Wildman–Crippen MR) is 60.8 cm³/mol. The molecule has 0 saturated heterocycles. The molecule has 0 bridgehead atoms. The van der Waals surface area contributed by atoms with Crippen LogP contribution in [0.5, 0.6) is 0 Å². The minimum absolute atomic E-state index is 0.195. The monoisotopic (exact) mass is 220 g/mol. The van der Waals surface area contributed by atoms with Crippen LogP contribution in [0.3, 0.4) is 0 Å². The molecule has 2 rings (SSSR count). The number of hydrogen-bond acceptors (Lipinski definition) is 3. The number of hydrogen-bond donors (Lipinski definition) is 2. The molecule has 1 aliphatic rings. The van der Waals surface area contributed by atoms with E-state index < -0.39 is 6.09 Å². The summed E-state index contributed by atoms with van der Waals surface area (Å²) in [5, 5.41) is 0. The summed E-state index contributed by atoms with van der Waals surface area (Å²) in [6, 6.07) is 8.47. The van der Waals surface area contributed by atoms with Crippen molar-refractivity contribution in [3.8, 4) is 0 Å².